The third-order valence-electron chi connectivity index (χ3n) is 4.53. The lowest BCUT2D eigenvalue weighted by atomic mass is 9.88. The van der Waals surface area contributed by atoms with Crippen molar-refractivity contribution in [2.24, 2.45) is 5.92 Å². The van der Waals surface area contributed by atoms with Gasteiger partial charge in [0.2, 0.25) is 0 Å². The predicted molar refractivity (Wildman–Crippen MR) is 96.4 cm³/mol. The Bertz CT molecular complexity index is 551. The first-order chi connectivity index (χ1) is 10.9. The maximum atomic E-state index is 11.5. The Morgan fingerprint density at radius 2 is 1.61 bits per heavy atom. The van der Waals surface area contributed by atoms with Crippen LogP contribution < -0.4 is 0 Å². The summed E-state index contributed by atoms with van der Waals surface area (Å²) >= 11 is 0. The molecule has 0 radical (unpaired) electrons. The third-order valence-corrected chi connectivity index (χ3v) is 5.46. The highest BCUT2D eigenvalue weighted by Gasteiger charge is 2.20. The molecule has 0 aromatic heterocycles. The molecule has 23 heavy (non-hydrogen) atoms. The summed E-state index contributed by atoms with van der Waals surface area (Å²) in [5.41, 5.74) is 0.727. The van der Waals surface area contributed by atoms with E-state index in [1.807, 2.05) is 19.1 Å². The van der Waals surface area contributed by atoms with E-state index in [4.69, 9.17) is 0 Å². The first kappa shape index (κ1) is 20.2. The second-order valence-electron chi connectivity index (χ2n) is 6.81. The summed E-state index contributed by atoms with van der Waals surface area (Å²) < 4.78 is 32.4. The molecule has 2 atom stereocenters. The van der Waals surface area contributed by atoms with Crippen LogP contribution in [0.25, 0.3) is 0 Å². The van der Waals surface area contributed by atoms with Gasteiger partial charge in [0.15, 0.2) is 0 Å². The number of rotatable bonds is 11. The minimum absolute atomic E-state index is 0.0549. The molecule has 1 N–H and O–H groups in total. The van der Waals surface area contributed by atoms with Crippen LogP contribution in [0.4, 0.5) is 0 Å². The van der Waals surface area contributed by atoms with Gasteiger partial charge in [-0.3, -0.25) is 4.55 Å². The summed E-state index contributed by atoms with van der Waals surface area (Å²) in [4.78, 5) is 0.0549. The van der Waals surface area contributed by atoms with Crippen LogP contribution in [0.3, 0.4) is 0 Å². The molecule has 3 nitrogen and oxygen atoms in total. The second kappa shape index (κ2) is 10.1. The highest BCUT2D eigenvalue weighted by molar-refractivity contribution is 7.85. The van der Waals surface area contributed by atoms with Gasteiger partial charge in [-0.2, -0.15) is 8.42 Å². The van der Waals surface area contributed by atoms with Gasteiger partial charge in [0, 0.05) is 0 Å². The summed E-state index contributed by atoms with van der Waals surface area (Å²) in [5.74, 6) is 0.689. The zero-order valence-electron chi connectivity index (χ0n) is 14.8. The Labute approximate surface area is 142 Å². The average molecular weight is 341 g/mol. The van der Waals surface area contributed by atoms with Crippen LogP contribution in [0.1, 0.15) is 83.6 Å². The van der Waals surface area contributed by atoms with Crippen molar-refractivity contribution in [3.8, 4) is 0 Å². The molecule has 0 saturated heterocycles. The average Bonchev–Trinajstić information content (AvgIpc) is 2.50. The lowest BCUT2D eigenvalue weighted by Crippen LogP contribution is -2.08. The van der Waals surface area contributed by atoms with Crippen molar-refractivity contribution in [3.05, 3.63) is 29.8 Å². The van der Waals surface area contributed by atoms with Gasteiger partial charge in [-0.1, -0.05) is 83.9 Å². The van der Waals surface area contributed by atoms with E-state index in [2.05, 4.69) is 13.8 Å². The van der Waals surface area contributed by atoms with Gasteiger partial charge in [-0.25, -0.2) is 0 Å². The van der Waals surface area contributed by atoms with Gasteiger partial charge in [0.25, 0.3) is 10.1 Å². The monoisotopic (exact) mass is 340 g/mol. The van der Waals surface area contributed by atoms with E-state index in [9.17, 15) is 13.0 Å². The highest BCUT2D eigenvalue weighted by Crippen LogP contribution is 2.30. The Kier molecular flexibility index (Phi) is 8.85. The molecule has 2 unspecified atom stereocenters. The Balaban J connectivity index is 2.48. The number of unbranched alkanes of at least 4 members (excludes halogenated alkanes) is 5. The van der Waals surface area contributed by atoms with Crippen molar-refractivity contribution in [1.29, 1.82) is 0 Å². The molecule has 1 aromatic carbocycles. The van der Waals surface area contributed by atoms with Crippen LogP contribution in [0.5, 0.6) is 0 Å². The quantitative estimate of drug-likeness (QED) is 0.408. The van der Waals surface area contributed by atoms with E-state index >= 15 is 0 Å². The molecule has 0 saturated carbocycles. The van der Waals surface area contributed by atoms with E-state index in [1.165, 1.54) is 51.0 Å². The van der Waals surface area contributed by atoms with Crippen LogP contribution in [-0.4, -0.2) is 13.0 Å². The van der Waals surface area contributed by atoms with Crippen LogP contribution in [0.15, 0.2) is 29.2 Å². The SMILES string of the molecule is CCCCCCCCC(C)CC(C)c1ccccc1S(=O)(=O)O. The lowest BCUT2D eigenvalue weighted by Gasteiger charge is -2.19. The Hall–Kier alpha value is -0.870. The number of benzene rings is 1. The van der Waals surface area contributed by atoms with Crippen molar-refractivity contribution in [3.63, 3.8) is 0 Å². The molecule has 4 heteroatoms. The summed E-state index contributed by atoms with van der Waals surface area (Å²) in [5, 5.41) is 0. The molecule has 0 aliphatic rings. The van der Waals surface area contributed by atoms with E-state index in [-0.39, 0.29) is 10.8 Å². The van der Waals surface area contributed by atoms with Crippen LogP contribution in [-0.2, 0) is 10.1 Å². The molecule has 0 spiro atoms. The fourth-order valence-corrected chi connectivity index (χ4v) is 4.06. The molecule has 1 aromatic rings. The third kappa shape index (κ3) is 7.49. The van der Waals surface area contributed by atoms with Crippen LogP contribution >= 0.6 is 0 Å². The fraction of sp³-hybridized carbons (Fsp3) is 0.684. The molecule has 0 aliphatic carbocycles. The van der Waals surface area contributed by atoms with E-state index < -0.39 is 10.1 Å². The maximum absolute atomic E-state index is 11.5. The molecule has 0 amide bonds. The Morgan fingerprint density at radius 1 is 1.00 bits per heavy atom. The van der Waals surface area contributed by atoms with E-state index in [1.54, 1.807) is 6.07 Å². The number of hydrogen-bond acceptors (Lipinski definition) is 2. The predicted octanol–water partition coefficient (Wildman–Crippen LogP) is 5.81. The summed E-state index contributed by atoms with van der Waals surface area (Å²) in [6, 6.07) is 6.78. The normalized spacial score (nSPS) is 14.6. The van der Waals surface area contributed by atoms with Gasteiger partial charge in [-0.05, 0) is 29.9 Å². The van der Waals surface area contributed by atoms with Crippen LogP contribution in [0.2, 0.25) is 0 Å². The summed E-state index contributed by atoms with van der Waals surface area (Å²) in [7, 11) is -4.14. The lowest BCUT2D eigenvalue weighted by molar-refractivity contribution is 0.424. The minimum atomic E-state index is -4.14. The van der Waals surface area contributed by atoms with Crippen molar-refractivity contribution in [2.45, 2.75) is 83.0 Å². The zero-order chi connectivity index (χ0) is 17.3. The maximum Gasteiger partial charge on any atom is 0.294 e. The van der Waals surface area contributed by atoms with Crippen molar-refractivity contribution >= 4 is 10.1 Å². The van der Waals surface area contributed by atoms with Crippen molar-refractivity contribution in [1.82, 2.24) is 0 Å². The summed E-state index contributed by atoms with van der Waals surface area (Å²) in [6.45, 7) is 6.51. The number of hydrogen-bond donors (Lipinski definition) is 1. The minimum Gasteiger partial charge on any atom is -0.282 e. The zero-order valence-corrected chi connectivity index (χ0v) is 15.6. The Morgan fingerprint density at radius 3 is 2.26 bits per heavy atom. The van der Waals surface area contributed by atoms with Gasteiger partial charge in [-0.15, -0.1) is 0 Å². The summed E-state index contributed by atoms with van der Waals surface area (Å²) in [6.07, 6.45) is 9.94. The standard InChI is InChI=1S/C19H32O3S/c1-4-5-6-7-8-9-12-16(2)15-17(3)18-13-10-11-14-19(18)23(20,21)22/h10-11,13-14,16-17H,4-9,12,15H2,1-3H3,(H,20,21,22). The molecular weight excluding hydrogens is 308 g/mol. The van der Waals surface area contributed by atoms with Gasteiger partial charge >= 0.3 is 0 Å². The molecule has 0 aliphatic heterocycles. The smallest absolute Gasteiger partial charge is 0.282 e. The largest absolute Gasteiger partial charge is 0.294 e. The van der Waals surface area contributed by atoms with E-state index in [0.29, 0.717) is 5.92 Å². The molecular formula is C19H32O3S. The highest BCUT2D eigenvalue weighted by atomic mass is 32.2. The van der Waals surface area contributed by atoms with Crippen molar-refractivity contribution in [2.75, 3.05) is 0 Å². The molecule has 0 fully saturated rings. The van der Waals surface area contributed by atoms with Crippen LogP contribution in [0, 0.1) is 5.92 Å². The molecule has 0 bridgehead atoms. The topological polar surface area (TPSA) is 54.4 Å². The fourth-order valence-electron chi connectivity index (χ4n) is 3.24. The first-order valence-electron chi connectivity index (χ1n) is 8.92. The van der Waals surface area contributed by atoms with Gasteiger partial charge in [0.1, 0.15) is 0 Å². The second-order valence-corrected chi connectivity index (χ2v) is 8.20. The van der Waals surface area contributed by atoms with Crippen molar-refractivity contribution < 1.29 is 13.0 Å². The van der Waals surface area contributed by atoms with Gasteiger partial charge < -0.3 is 0 Å². The molecule has 132 valence electrons. The molecule has 1 rings (SSSR count). The van der Waals surface area contributed by atoms with Gasteiger partial charge in [0.05, 0.1) is 4.90 Å². The van der Waals surface area contributed by atoms with E-state index in [0.717, 1.165) is 12.0 Å². The molecule has 0 heterocycles. The first-order valence-corrected chi connectivity index (χ1v) is 10.4.